The Bertz CT molecular complexity index is 111. The number of hydrogen-bond acceptors (Lipinski definition) is 2. The Hall–Kier alpha value is -0.0800. The van der Waals surface area contributed by atoms with E-state index in [-0.39, 0.29) is 17.6 Å². The molecule has 3 N–H and O–H groups in total. The Morgan fingerprint density at radius 2 is 2.11 bits per heavy atom. The number of hydrogen-bond donors (Lipinski definition) is 2. The van der Waals surface area contributed by atoms with E-state index in [1.807, 2.05) is 0 Å². The van der Waals surface area contributed by atoms with Crippen molar-refractivity contribution < 1.29 is 5.11 Å². The lowest BCUT2D eigenvalue weighted by Gasteiger charge is -2.21. The Kier molecular flexibility index (Phi) is 1.53. The first-order valence-electron chi connectivity index (χ1n) is 3.46. The van der Waals surface area contributed by atoms with Crippen molar-refractivity contribution in [2.45, 2.75) is 38.8 Å². The molecule has 0 aromatic heterocycles. The van der Waals surface area contributed by atoms with Crippen LogP contribution < -0.4 is 5.73 Å². The van der Waals surface area contributed by atoms with Gasteiger partial charge in [-0.25, -0.2) is 0 Å². The van der Waals surface area contributed by atoms with Crippen LogP contribution in [0.5, 0.6) is 0 Å². The van der Waals surface area contributed by atoms with Gasteiger partial charge in [0.25, 0.3) is 0 Å². The third-order valence-corrected chi connectivity index (χ3v) is 2.29. The number of nitrogens with two attached hydrogens (primary N) is 1. The van der Waals surface area contributed by atoms with Crippen LogP contribution in [-0.2, 0) is 0 Å². The maximum Gasteiger partial charge on any atom is 0.0560 e. The van der Waals surface area contributed by atoms with Crippen LogP contribution in [0.2, 0.25) is 0 Å². The Labute approximate surface area is 56.1 Å². The van der Waals surface area contributed by atoms with Gasteiger partial charge in [0, 0.05) is 6.04 Å². The lowest BCUT2D eigenvalue weighted by molar-refractivity contribution is 0.168. The van der Waals surface area contributed by atoms with Crippen molar-refractivity contribution in [3.8, 4) is 0 Å². The first-order valence-corrected chi connectivity index (χ1v) is 3.46. The van der Waals surface area contributed by atoms with Crippen LogP contribution in [0.25, 0.3) is 0 Å². The van der Waals surface area contributed by atoms with Crippen LogP contribution in [0.15, 0.2) is 0 Å². The van der Waals surface area contributed by atoms with Gasteiger partial charge in [-0.1, -0.05) is 13.8 Å². The maximum atomic E-state index is 9.16. The van der Waals surface area contributed by atoms with Crippen molar-refractivity contribution in [1.29, 1.82) is 0 Å². The van der Waals surface area contributed by atoms with Crippen LogP contribution >= 0.6 is 0 Å². The highest BCUT2D eigenvalue weighted by Gasteiger charge is 2.36. The second-order valence-corrected chi connectivity index (χ2v) is 3.69. The SMILES string of the molecule is CC1(C)C[C@@H](O)C[C@H]1N. The predicted molar refractivity (Wildman–Crippen MR) is 37.0 cm³/mol. The van der Waals surface area contributed by atoms with Gasteiger partial charge in [-0.2, -0.15) is 0 Å². The summed E-state index contributed by atoms with van der Waals surface area (Å²) >= 11 is 0. The summed E-state index contributed by atoms with van der Waals surface area (Å²) in [5.74, 6) is 0. The number of aliphatic hydroxyl groups excluding tert-OH is 1. The van der Waals surface area contributed by atoms with Crippen LogP contribution in [0.3, 0.4) is 0 Å². The number of rotatable bonds is 0. The van der Waals surface area contributed by atoms with Crippen LogP contribution in [0, 0.1) is 5.41 Å². The molecule has 1 rings (SSSR count). The van der Waals surface area contributed by atoms with Gasteiger partial charge in [-0.05, 0) is 18.3 Å². The molecule has 0 unspecified atom stereocenters. The first kappa shape index (κ1) is 7.03. The lowest BCUT2D eigenvalue weighted by Crippen LogP contribution is -2.31. The Morgan fingerprint density at radius 1 is 1.56 bits per heavy atom. The summed E-state index contributed by atoms with van der Waals surface area (Å²) in [6.45, 7) is 4.21. The van der Waals surface area contributed by atoms with E-state index in [4.69, 9.17) is 10.8 Å². The fourth-order valence-electron chi connectivity index (χ4n) is 1.45. The molecule has 1 fully saturated rings. The highest BCUT2D eigenvalue weighted by Crippen LogP contribution is 2.35. The van der Waals surface area contributed by atoms with Crippen molar-refractivity contribution in [3.63, 3.8) is 0 Å². The summed E-state index contributed by atoms with van der Waals surface area (Å²) < 4.78 is 0. The van der Waals surface area contributed by atoms with Crippen molar-refractivity contribution in [2.75, 3.05) is 0 Å². The minimum atomic E-state index is -0.157. The van der Waals surface area contributed by atoms with E-state index in [1.165, 1.54) is 0 Å². The van der Waals surface area contributed by atoms with Gasteiger partial charge in [0.2, 0.25) is 0 Å². The highest BCUT2D eigenvalue weighted by molar-refractivity contribution is 4.92. The molecule has 0 bridgehead atoms. The molecule has 0 amide bonds. The zero-order valence-electron chi connectivity index (χ0n) is 6.09. The summed E-state index contributed by atoms with van der Waals surface area (Å²) in [5.41, 5.74) is 5.90. The summed E-state index contributed by atoms with van der Waals surface area (Å²) in [4.78, 5) is 0. The second-order valence-electron chi connectivity index (χ2n) is 3.69. The molecule has 0 aromatic carbocycles. The third kappa shape index (κ3) is 1.25. The zero-order valence-corrected chi connectivity index (χ0v) is 6.09. The molecule has 1 aliphatic rings. The largest absolute Gasteiger partial charge is 0.393 e. The minimum absolute atomic E-state index is 0.152. The summed E-state index contributed by atoms with van der Waals surface area (Å²) in [6.07, 6.45) is 1.47. The van der Waals surface area contributed by atoms with E-state index in [1.54, 1.807) is 0 Å². The summed E-state index contributed by atoms with van der Waals surface area (Å²) in [7, 11) is 0. The smallest absolute Gasteiger partial charge is 0.0560 e. The quantitative estimate of drug-likeness (QED) is 0.500. The fraction of sp³-hybridized carbons (Fsp3) is 1.00. The topological polar surface area (TPSA) is 46.2 Å². The van der Waals surface area contributed by atoms with Gasteiger partial charge in [0.15, 0.2) is 0 Å². The minimum Gasteiger partial charge on any atom is -0.393 e. The van der Waals surface area contributed by atoms with E-state index in [2.05, 4.69) is 13.8 Å². The lowest BCUT2D eigenvalue weighted by atomic mass is 9.88. The fourth-order valence-corrected chi connectivity index (χ4v) is 1.45. The molecule has 1 saturated carbocycles. The number of aliphatic hydroxyl groups is 1. The van der Waals surface area contributed by atoms with E-state index < -0.39 is 0 Å². The molecule has 9 heavy (non-hydrogen) atoms. The van der Waals surface area contributed by atoms with Gasteiger partial charge < -0.3 is 10.8 Å². The second kappa shape index (κ2) is 1.96. The van der Waals surface area contributed by atoms with E-state index >= 15 is 0 Å². The molecule has 54 valence electrons. The van der Waals surface area contributed by atoms with E-state index in [0.29, 0.717) is 0 Å². The zero-order chi connectivity index (χ0) is 7.07. The maximum absolute atomic E-state index is 9.16. The van der Waals surface area contributed by atoms with Crippen molar-refractivity contribution in [2.24, 2.45) is 11.1 Å². The molecule has 2 heteroatoms. The molecular weight excluding hydrogens is 114 g/mol. The molecular formula is C7H15NO. The molecule has 0 radical (unpaired) electrons. The molecule has 0 saturated heterocycles. The van der Waals surface area contributed by atoms with Gasteiger partial charge in [0.1, 0.15) is 0 Å². The molecule has 0 aliphatic heterocycles. The molecule has 1 aliphatic carbocycles. The molecule has 0 heterocycles. The Morgan fingerprint density at radius 3 is 2.22 bits per heavy atom. The van der Waals surface area contributed by atoms with Gasteiger partial charge >= 0.3 is 0 Å². The third-order valence-electron chi connectivity index (χ3n) is 2.29. The van der Waals surface area contributed by atoms with Crippen LogP contribution in [0.4, 0.5) is 0 Å². The molecule has 0 spiro atoms. The van der Waals surface area contributed by atoms with Crippen molar-refractivity contribution in [1.82, 2.24) is 0 Å². The average Bonchev–Trinajstić information content (AvgIpc) is 1.79. The van der Waals surface area contributed by atoms with E-state index in [9.17, 15) is 0 Å². The summed E-state index contributed by atoms with van der Waals surface area (Å²) in [6, 6.07) is 0.187. The Balaban J connectivity index is 2.58. The highest BCUT2D eigenvalue weighted by atomic mass is 16.3. The van der Waals surface area contributed by atoms with Gasteiger partial charge in [-0.3, -0.25) is 0 Å². The van der Waals surface area contributed by atoms with Crippen molar-refractivity contribution in [3.05, 3.63) is 0 Å². The van der Waals surface area contributed by atoms with Gasteiger partial charge in [-0.15, -0.1) is 0 Å². The predicted octanol–water partition coefficient (Wildman–Crippen LogP) is 0.495. The van der Waals surface area contributed by atoms with Crippen molar-refractivity contribution >= 4 is 0 Å². The summed E-state index contributed by atoms with van der Waals surface area (Å²) in [5, 5.41) is 9.16. The molecule has 2 atom stereocenters. The molecule has 0 aromatic rings. The van der Waals surface area contributed by atoms with E-state index in [0.717, 1.165) is 12.8 Å². The standard InChI is InChI=1S/C7H15NO/c1-7(2)4-5(9)3-6(7)8/h5-6,9H,3-4,8H2,1-2H3/t5-,6+/m0/s1. The molecule has 2 nitrogen and oxygen atoms in total. The van der Waals surface area contributed by atoms with Gasteiger partial charge in [0.05, 0.1) is 6.10 Å². The van der Waals surface area contributed by atoms with Crippen LogP contribution in [0.1, 0.15) is 26.7 Å². The first-order chi connectivity index (χ1) is 4.02. The normalized spacial score (nSPS) is 41.3. The van der Waals surface area contributed by atoms with Crippen LogP contribution in [-0.4, -0.2) is 17.3 Å². The average molecular weight is 129 g/mol. The monoisotopic (exact) mass is 129 g/mol.